The van der Waals surface area contributed by atoms with Gasteiger partial charge in [0.15, 0.2) is 0 Å². The number of carbonyl (C=O) groups excluding carboxylic acids is 1. The van der Waals surface area contributed by atoms with Crippen molar-refractivity contribution in [1.29, 1.82) is 0 Å². The van der Waals surface area contributed by atoms with Crippen LogP contribution in [-0.4, -0.2) is 10.8 Å². The van der Waals surface area contributed by atoms with Crippen LogP contribution < -0.4 is 0 Å². The van der Waals surface area contributed by atoms with Gasteiger partial charge < -0.3 is 0 Å². The molecule has 5 aliphatic rings. The number of pyridine rings is 1. The molecule has 2 nitrogen and oxygen atoms in total. The van der Waals surface area contributed by atoms with E-state index in [1.54, 1.807) is 5.57 Å². The van der Waals surface area contributed by atoms with Crippen molar-refractivity contribution in [3.8, 4) is 0 Å². The Bertz CT molecular complexity index is 843. The molecule has 6 rings (SSSR count). The molecular weight excluding hydrogens is 330 g/mol. The number of Topliss-reactive ketones (excluding diaryl/α,β-unsaturated/α-hetero) is 1. The Hall–Kier alpha value is -1.44. The van der Waals surface area contributed by atoms with Crippen molar-refractivity contribution in [2.45, 2.75) is 65.2 Å². The summed E-state index contributed by atoms with van der Waals surface area (Å²) in [5.74, 6) is 3.49. The van der Waals surface area contributed by atoms with Crippen molar-refractivity contribution in [2.24, 2.45) is 39.9 Å². The van der Waals surface area contributed by atoms with Crippen LogP contribution in [0.15, 0.2) is 30.6 Å². The molecule has 2 heteroatoms. The third-order valence-electron chi connectivity index (χ3n) is 10.2. The van der Waals surface area contributed by atoms with Gasteiger partial charge in [-0.1, -0.05) is 26.0 Å². The average molecular weight is 362 g/mol. The quantitative estimate of drug-likeness (QED) is 0.643. The Balaban J connectivity index is 1.34. The monoisotopic (exact) mass is 361 g/mol. The summed E-state index contributed by atoms with van der Waals surface area (Å²) in [4.78, 5) is 16.8. The van der Waals surface area contributed by atoms with Crippen LogP contribution in [-0.2, 0) is 4.79 Å². The highest BCUT2D eigenvalue weighted by Crippen LogP contribution is 2.79. The summed E-state index contributed by atoms with van der Waals surface area (Å²) in [7, 11) is 0. The van der Waals surface area contributed by atoms with Crippen LogP contribution in [0, 0.1) is 39.9 Å². The highest BCUT2D eigenvalue weighted by atomic mass is 16.1. The van der Waals surface area contributed by atoms with Crippen LogP contribution in [0.4, 0.5) is 0 Å². The Morgan fingerprint density at radius 2 is 2.00 bits per heavy atom. The first-order valence-electron chi connectivity index (χ1n) is 11.1. The molecule has 7 unspecified atom stereocenters. The Kier molecular flexibility index (Phi) is 3.14. The zero-order chi connectivity index (χ0) is 18.4. The van der Waals surface area contributed by atoms with Crippen LogP contribution in [0.5, 0.6) is 0 Å². The van der Waals surface area contributed by atoms with E-state index < -0.39 is 0 Å². The number of nitrogens with zero attached hydrogens (tertiary/aromatic N) is 1. The minimum atomic E-state index is 0.318. The summed E-state index contributed by atoms with van der Waals surface area (Å²) in [6.45, 7) is 5.13. The molecule has 142 valence electrons. The number of allylic oxidation sites excluding steroid dienone is 2. The lowest BCUT2D eigenvalue weighted by Crippen LogP contribution is -2.54. The highest BCUT2D eigenvalue weighted by molar-refractivity contribution is 5.86. The fraction of sp³-hybridized carbons (Fsp3) is 0.680. The highest BCUT2D eigenvalue weighted by Gasteiger charge is 2.73. The zero-order valence-electron chi connectivity index (χ0n) is 16.7. The van der Waals surface area contributed by atoms with Crippen molar-refractivity contribution in [3.05, 3.63) is 36.2 Å². The molecule has 0 aliphatic heterocycles. The maximum Gasteiger partial charge on any atom is 0.136 e. The van der Waals surface area contributed by atoms with E-state index in [1.165, 1.54) is 44.1 Å². The van der Waals surface area contributed by atoms with Crippen molar-refractivity contribution < 1.29 is 4.79 Å². The van der Waals surface area contributed by atoms with Crippen molar-refractivity contribution in [1.82, 2.24) is 4.98 Å². The number of hydrogen-bond donors (Lipinski definition) is 0. The molecule has 4 saturated carbocycles. The van der Waals surface area contributed by atoms with E-state index in [9.17, 15) is 4.79 Å². The predicted molar refractivity (Wildman–Crippen MR) is 107 cm³/mol. The van der Waals surface area contributed by atoms with Crippen LogP contribution in [0.3, 0.4) is 0 Å². The molecule has 27 heavy (non-hydrogen) atoms. The fourth-order valence-electron chi connectivity index (χ4n) is 8.72. The standard InChI is InChI=1S/C25H31NO/c1-23-10-8-20-17(19(23)6-5-18(23)16-4-3-13-26-15-16)7-12-25-14-21(25)22(27)9-11-24(20,25)2/h3-5,13,15,17,19-21H,6-12,14H2,1-2H3. The molecule has 7 atom stereocenters. The molecule has 1 aromatic heterocycles. The largest absolute Gasteiger partial charge is 0.299 e. The first kappa shape index (κ1) is 16.5. The summed E-state index contributed by atoms with van der Waals surface area (Å²) in [6.07, 6.45) is 16.3. The third-order valence-corrected chi connectivity index (χ3v) is 10.2. The number of rotatable bonds is 1. The molecule has 5 aliphatic carbocycles. The van der Waals surface area contributed by atoms with Crippen LogP contribution in [0.25, 0.3) is 5.57 Å². The Morgan fingerprint density at radius 3 is 2.81 bits per heavy atom. The van der Waals surface area contributed by atoms with E-state index in [0.29, 0.717) is 27.9 Å². The number of hydrogen-bond acceptors (Lipinski definition) is 2. The molecular formula is C25H31NO. The Morgan fingerprint density at radius 1 is 1.11 bits per heavy atom. The van der Waals surface area contributed by atoms with Gasteiger partial charge in [0.2, 0.25) is 0 Å². The average Bonchev–Trinajstić information content (AvgIpc) is 3.33. The molecule has 0 N–H and O–H groups in total. The van der Waals surface area contributed by atoms with Crippen LogP contribution in [0.2, 0.25) is 0 Å². The second-order valence-electron chi connectivity index (χ2n) is 10.8. The molecule has 0 amide bonds. The molecule has 1 spiro atoms. The number of aromatic nitrogens is 1. The van der Waals surface area contributed by atoms with E-state index in [2.05, 4.69) is 43.2 Å². The lowest BCUT2D eigenvalue weighted by Gasteiger charge is -2.60. The lowest BCUT2D eigenvalue weighted by molar-refractivity contribution is -0.139. The van der Waals surface area contributed by atoms with Gasteiger partial charge in [-0.2, -0.15) is 0 Å². The van der Waals surface area contributed by atoms with E-state index in [0.717, 1.165) is 30.6 Å². The molecule has 4 fully saturated rings. The summed E-state index contributed by atoms with van der Waals surface area (Å²) in [6, 6.07) is 4.33. The van der Waals surface area contributed by atoms with Gasteiger partial charge in [-0.3, -0.25) is 9.78 Å². The van der Waals surface area contributed by atoms with E-state index in [-0.39, 0.29) is 0 Å². The summed E-state index contributed by atoms with van der Waals surface area (Å²) in [5.41, 5.74) is 4.04. The molecule has 1 aromatic rings. The van der Waals surface area contributed by atoms with Gasteiger partial charge in [0, 0.05) is 24.7 Å². The van der Waals surface area contributed by atoms with Crippen molar-refractivity contribution >= 4 is 11.4 Å². The summed E-state index contributed by atoms with van der Waals surface area (Å²) >= 11 is 0. The molecule has 1 heterocycles. The van der Waals surface area contributed by atoms with Gasteiger partial charge >= 0.3 is 0 Å². The lowest BCUT2D eigenvalue weighted by atomic mass is 9.43. The van der Waals surface area contributed by atoms with Crippen LogP contribution in [0.1, 0.15) is 70.8 Å². The van der Waals surface area contributed by atoms with Gasteiger partial charge in [0.05, 0.1) is 0 Å². The Labute approximate surface area is 162 Å². The normalized spacial score (nSPS) is 50.1. The predicted octanol–water partition coefficient (Wildman–Crippen LogP) is 5.69. The fourth-order valence-corrected chi connectivity index (χ4v) is 8.72. The smallest absolute Gasteiger partial charge is 0.136 e. The van der Waals surface area contributed by atoms with Gasteiger partial charge in [-0.25, -0.2) is 0 Å². The second-order valence-corrected chi connectivity index (χ2v) is 10.8. The summed E-state index contributed by atoms with van der Waals surface area (Å²) < 4.78 is 0. The minimum Gasteiger partial charge on any atom is -0.299 e. The number of fused-ring (bicyclic) bond motifs is 4. The van der Waals surface area contributed by atoms with Crippen LogP contribution >= 0.6 is 0 Å². The topological polar surface area (TPSA) is 30.0 Å². The maximum absolute atomic E-state index is 12.4. The first-order chi connectivity index (χ1) is 13.0. The number of carbonyl (C=O) groups is 1. The molecule has 0 aromatic carbocycles. The van der Waals surface area contributed by atoms with Gasteiger partial charge in [-0.15, -0.1) is 0 Å². The van der Waals surface area contributed by atoms with Crippen molar-refractivity contribution in [3.63, 3.8) is 0 Å². The zero-order valence-corrected chi connectivity index (χ0v) is 16.7. The molecule has 0 saturated heterocycles. The second kappa shape index (κ2) is 5.13. The molecule has 0 radical (unpaired) electrons. The molecule has 0 bridgehead atoms. The van der Waals surface area contributed by atoms with E-state index in [1.807, 2.05) is 6.20 Å². The SMILES string of the molecule is CC12CCC3C(CCC45CC4C(=O)CCC35C)C1CC=C2c1cccnc1. The summed E-state index contributed by atoms with van der Waals surface area (Å²) in [5, 5.41) is 0. The maximum atomic E-state index is 12.4. The van der Waals surface area contributed by atoms with Gasteiger partial charge in [0.25, 0.3) is 0 Å². The van der Waals surface area contributed by atoms with Crippen molar-refractivity contribution in [2.75, 3.05) is 0 Å². The number of ketones is 1. The van der Waals surface area contributed by atoms with Gasteiger partial charge in [-0.05, 0) is 96.1 Å². The third kappa shape index (κ3) is 1.88. The van der Waals surface area contributed by atoms with E-state index >= 15 is 0 Å². The van der Waals surface area contributed by atoms with Gasteiger partial charge in [0.1, 0.15) is 5.78 Å². The minimum absolute atomic E-state index is 0.318. The van der Waals surface area contributed by atoms with E-state index in [4.69, 9.17) is 0 Å². The first-order valence-corrected chi connectivity index (χ1v) is 11.1.